The fourth-order valence-corrected chi connectivity index (χ4v) is 3.04. The summed E-state index contributed by atoms with van der Waals surface area (Å²) in [4.78, 5) is 4.43. The Morgan fingerprint density at radius 3 is 2.95 bits per heavy atom. The Hall–Kier alpha value is -2.69. The van der Waals surface area contributed by atoms with Crippen LogP contribution in [0.25, 0.3) is 27.7 Å². The van der Waals surface area contributed by atoms with Gasteiger partial charge in [0.1, 0.15) is 11.5 Å². The van der Waals surface area contributed by atoms with Gasteiger partial charge in [-0.2, -0.15) is 5.10 Å². The Bertz CT molecular complexity index is 997. The fourth-order valence-electron chi connectivity index (χ4n) is 3.04. The van der Waals surface area contributed by atoms with E-state index in [-0.39, 0.29) is 5.82 Å². The van der Waals surface area contributed by atoms with Crippen LogP contribution in [-0.4, -0.2) is 19.6 Å². The number of fused-ring (bicyclic) bond motifs is 2. The number of halogens is 1. The Morgan fingerprint density at radius 2 is 2.14 bits per heavy atom. The van der Waals surface area contributed by atoms with Gasteiger partial charge in [-0.25, -0.2) is 9.37 Å². The molecule has 0 spiro atoms. The summed E-state index contributed by atoms with van der Waals surface area (Å²) in [6.07, 6.45) is 6.35. The van der Waals surface area contributed by atoms with Gasteiger partial charge in [-0.1, -0.05) is 6.92 Å². The smallest absolute Gasteiger partial charge is 0.136 e. The van der Waals surface area contributed by atoms with Gasteiger partial charge in [-0.3, -0.25) is 5.10 Å². The van der Waals surface area contributed by atoms with E-state index in [0.29, 0.717) is 17.5 Å². The van der Waals surface area contributed by atoms with Crippen molar-refractivity contribution in [2.45, 2.75) is 20.3 Å². The highest BCUT2D eigenvalue weighted by atomic mass is 19.1. The Balaban J connectivity index is 2.07. The van der Waals surface area contributed by atoms with E-state index in [1.807, 2.05) is 42.8 Å². The summed E-state index contributed by atoms with van der Waals surface area (Å²) in [6, 6.07) is 5.46. The number of hydrogen-bond acceptors (Lipinski definition) is 2. The first-order valence-corrected chi connectivity index (χ1v) is 7.27. The molecule has 1 N–H and O–H groups in total. The molecule has 4 rings (SSSR count). The molecule has 3 aromatic heterocycles. The molecule has 0 aliphatic carbocycles. The van der Waals surface area contributed by atoms with Gasteiger partial charge in [0.05, 0.1) is 17.4 Å². The van der Waals surface area contributed by atoms with Crippen LogP contribution in [0.2, 0.25) is 0 Å². The molecule has 0 radical (unpaired) electrons. The molecule has 22 heavy (non-hydrogen) atoms. The van der Waals surface area contributed by atoms with Gasteiger partial charge in [0, 0.05) is 23.3 Å². The molecule has 4 nitrogen and oxygen atoms in total. The van der Waals surface area contributed by atoms with E-state index in [0.717, 1.165) is 27.9 Å². The van der Waals surface area contributed by atoms with Gasteiger partial charge in [0.2, 0.25) is 0 Å². The van der Waals surface area contributed by atoms with E-state index in [1.165, 1.54) is 6.07 Å². The van der Waals surface area contributed by atoms with E-state index in [1.54, 1.807) is 6.20 Å². The minimum Gasteiger partial charge on any atom is -0.306 e. The van der Waals surface area contributed by atoms with E-state index in [9.17, 15) is 4.39 Å². The van der Waals surface area contributed by atoms with Crippen LogP contribution in [0.15, 0.2) is 36.8 Å². The van der Waals surface area contributed by atoms with Crippen LogP contribution in [0, 0.1) is 12.7 Å². The number of aryl methyl sites for hydroxylation is 1. The second-order valence-corrected chi connectivity index (χ2v) is 5.46. The summed E-state index contributed by atoms with van der Waals surface area (Å²) in [5.41, 5.74) is 5.14. The van der Waals surface area contributed by atoms with Gasteiger partial charge in [-0.15, -0.1) is 0 Å². The minimum atomic E-state index is -0.198. The van der Waals surface area contributed by atoms with Crippen molar-refractivity contribution < 1.29 is 4.39 Å². The number of H-pyrrole nitrogens is 1. The van der Waals surface area contributed by atoms with Crippen LogP contribution in [0.4, 0.5) is 4.39 Å². The van der Waals surface area contributed by atoms with Crippen LogP contribution in [0.1, 0.15) is 18.2 Å². The molecule has 5 heteroatoms. The molecule has 0 atom stereocenters. The predicted octanol–water partition coefficient (Wildman–Crippen LogP) is 3.89. The number of aromatic nitrogens is 4. The summed E-state index contributed by atoms with van der Waals surface area (Å²) >= 11 is 0. The Labute approximate surface area is 126 Å². The van der Waals surface area contributed by atoms with Gasteiger partial charge < -0.3 is 4.40 Å². The first kappa shape index (κ1) is 13.0. The van der Waals surface area contributed by atoms with Crippen molar-refractivity contribution in [3.8, 4) is 11.1 Å². The summed E-state index contributed by atoms with van der Waals surface area (Å²) in [7, 11) is 0. The molecular formula is C17H15FN4. The molecule has 0 saturated heterocycles. The van der Waals surface area contributed by atoms with Crippen LogP contribution in [-0.2, 0) is 6.42 Å². The third-order valence-electron chi connectivity index (χ3n) is 4.01. The SMILES string of the molecule is CCc1c(F)cc2[nH]ncc2c1-c1ccc2nc(C)cn2c1. The molecule has 1 aromatic carbocycles. The molecule has 3 heterocycles. The number of hydrogen-bond donors (Lipinski definition) is 1. The van der Waals surface area contributed by atoms with Gasteiger partial charge in [-0.05, 0) is 42.7 Å². The highest BCUT2D eigenvalue weighted by molar-refractivity contribution is 5.96. The molecule has 0 unspecified atom stereocenters. The van der Waals surface area contributed by atoms with Crippen LogP contribution >= 0.6 is 0 Å². The highest BCUT2D eigenvalue weighted by Gasteiger charge is 2.16. The number of pyridine rings is 1. The van der Waals surface area contributed by atoms with E-state index < -0.39 is 0 Å². The zero-order valence-electron chi connectivity index (χ0n) is 12.4. The first-order valence-electron chi connectivity index (χ1n) is 7.27. The third-order valence-corrected chi connectivity index (χ3v) is 4.01. The summed E-state index contributed by atoms with van der Waals surface area (Å²) in [5.74, 6) is -0.198. The fraction of sp³-hybridized carbons (Fsp3) is 0.176. The molecule has 4 aromatic rings. The maximum absolute atomic E-state index is 14.4. The van der Waals surface area contributed by atoms with Crippen molar-refractivity contribution >= 4 is 16.6 Å². The lowest BCUT2D eigenvalue weighted by Gasteiger charge is -2.11. The van der Waals surface area contributed by atoms with Crippen molar-refractivity contribution in [2.75, 3.05) is 0 Å². The molecule has 0 saturated carbocycles. The van der Waals surface area contributed by atoms with E-state index in [2.05, 4.69) is 15.2 Å². The van der Waals surface area contributed by atoms with Gasteiger partial charge >= 0.3 is 0 Å². The molecule has 0 bridgehead atoms. The average molecular weight is 294 g/mol. The zero-order chi connectivity index (χ0) is 15.3. The second-order valence-electron chi connectivity index (χ2n) is 5.46. The maximum Gasteiger partial charge on any atom is 0.136 e. The van der Waals surface area contributed by atoms with Crippen LogP contribution < -0.4 is 0 Å². The lowest BCUT2D eigenvalue weighted by molar-refractivity contribution is 0.614. The lowest BCUT2D eigenvalue weighted by Crippen LogP contribution is -1.95. The lowest BCUT2D eigenvalue weighted by atomic mass is 9.95. The number of nitrogens with zero attached hydrogens (tertiary/aromatic N) is 3. The van der Waals surface area contributed by atoms with Crippen molar-refractivity contribution in [1.82, 2.24) is 19.6 Å². The monoisotopic (exact) mass is 294 g/mol. The molecular weight excluding hydrogens is 279 g/mol. The summed E-state index contributed by atoms with van der Waals surface area (Å²) < 4.78 is 16.4. The third kappa shape index (κ3) is 1.82. The van der Waals surface area contributed by atoms with E-state index in [4.69, 9.17) is 0 Å². The normalized spacial score (nSPS) is 11.6. The van der Waals surface area contributed by atoms with Crippen molar-refractivity contribution in [2.24, 2.45) is 0 Å². The molecule has 0 aliphatic rings. The molecule has 0 amide bonds. The maximum atomic E-state index is 14.4. The zero-order valence-corrected chi connectivity index (χ0v) is 12.4. The Kier molecular flexibility index (Phi) is 2.76. The standard InChI is InChI=1S/C17H15FN4/c1-3-12-14(18)6-15-13(7-19-21-15)17(12)11-4-5-16-20-10(2)8-22(16)9-11/h4-9H,3H2,1-2H3,(H,19,21). The highest BCUT2D eigenvalue weighted by Crippen LogP contribution is 2.33. The molecule has 110 valence electrons. The second kappa shape index (κ2) is 4.66. The summed E-state index contributed by atoms with van der Waals surface area (Å²) in [6.45, 7) is 3.92. The number of imidazole rings is 1. The van der Waals surface area contributed by atoms with Gasteiger partial charge in [0.25, 0.3) is 0 Å². The quantitative estimate of drug-likeness (QED) is 0.609. The number of nitrogens with one attached hydrogen (secondary N) is 1. The Morgan fingerprint density at radius 1 is 1.27 bits per heavy atom. The number of rotatable bonds is 2. The minimum absolute atomic E-state index is 0.198. The van der Waals surface area contributed by atoms with E-state index >= 15 is 0 Å². The largest absolute Gasteiger partial charge is 0.306 e. The predicted molar refractivity (Wildman–Crippen MR) is 84.4 cm³/mol. The average Bonchev–Trinajstić information content (AvgIpc) is 3.09. The molecule has 0 aliphatic heterocycles. The first-order chi connectivity index (χ1) is 10.7. The van der Waals surface area contributed by atoms with Crippen LogP contribution in [0.3, 0.4) is 0 Å². The topological polar surface area (TPSA) is 46.0 Å². The van der Waals surface area contributed by atoms with Crippen LogP contribution in [0.5, 0.6) is 0 Å². The number of aromatic amines is 1. The number of benzene rings is 1. The molecule has 0 fully saturated rings. The van der Waals surface area contributed by atoms with Crippen molar-refractivity contribution in [1.29, 1.82) is 0 Å². The summed E-state index contributed by atoms with van der Waals surface area (Å²) in [5, 5.41) is 7.85. The van der Waals surface area contributed by atoms with Crippen molar-refractivity contribution in [3.63, 3.8) is 0 Å². The van der Waals surface area contributed by atoms with Crippen molar-refractivity contribution in [3.05, 3.63) is 53.9 Å². The van der Waals surface area contributed by atoms with Gasteiger partial charge in [0.15, 0.2) is 0 Å².